The summed E-state index contributed by atoms with van der Waals surface area (Å²) in [5.41, 5.74) is 2.22. The molecule has 1 amide bonds. The summed E-state index contributed by atoms with van der Waals surface area (Å²) in [4.78, 5) is 38.9. The molecule has 0 spiro atoms. The van der Waals surface area contributed by atoms with Crippen molar-refractivity contribution in [2.45, 2.75) is 20.0 Å². The van der Waals surface area contributed by atoms with E-state index >= 15 is 0 Å². The highest BCUT2D eigenvalue weighted by molar-refractivity contribution is 6.01. The lowest BCUT2D eigenvalue weighted by Crippen LogP contribution is -2.31. The minimum atomic E-state index is -0.533. The maximum Gasteiger partial charge on any atom is 0.340 e. The van der Waals surface area contributed by atoms with Gasteiger partial charge < -0.3 is 20.1 Å². The van der Waals surface area contributed by atoms with Gasteiger partial charge in [-0.1, -0.05) is 30.3 Å². The van der Waals surface area contributed by atoms with Crippen LogP contribution in [0.2, 0.25) is 0 Å². The van der Waals surface area contributed by atoms with E-state index in [9.17, 15) is 14.4 Å². The highest BCUT2D eigenvalue weighted by Gasteiger charge is 2.17. The summed E-state index contributed by atoms with van der Waals surface area (Å²) in [7, 11) is 1.54. The Bertz CT molecular complexity index is 1450. The molecule has 0 saturated carbocycles. The molecule has 36 heavy (non-hydrogen) atoms. The number of fused-ring (bicyclic) bond motifs is 1. The number of anilines is 2. The average molecular weight is 486 g/mol. The number of benzene rings is 3. The zero-order valence-electron chi connectivity index (χ0n) is 20.1. The summed E-state index contributed by atoms with van der Waals surface area (Å²) in [6, 6.07) is 23.4. The van der Waals surface area contributed by atoms with Crippen LogP contribution in [-0.2, 0) is 22.6 Å². The lowest BCUT2D eigenvalue weighted by atomic mass is 10.1. The standard InChI is InChI=1S/C28H27N3O5/c1-3-36-28(34)23-11-7-8-12-24(23)30-26(32)18-31-25-16-22(35-2)14-13-19(25)15-20(27(31)33)17-29-21-9-5-4-6-10-21/h4-16,29H,3,17-18H2,1-2H3,(H,30,32). The quantitative estimate of drug-likeness (QED) is 0.340. The minimum absolute atomic E-state index is 0.216. The maximum atomic E-state index is 13.5. The van der Waals surface area contributed by atoms with Crippen LogP contribution < -0.4 is 20.9 Å². The summed E-state index contributed by atoms with van der Waals surface area (Å²) in [5, 5.41) is 6.79. The van der Waals surface area contributed by atoms with Gasteiger partial charge in [-0.05, 0) is 54.8 Å². The van der Waals surface area contributed by atoms with Crippen molar-refractivity contribution in [2.24, 2.45) is 0 Å². The number of aromatic nitrogens is 1. The number of methoxy groups -OCH3 is 1. The third-order valence-electron chi connectivity index (χ3n) is 5.63. The summed E-state index contributed by atoms with van der Waals surface area (Å²) in [6.07, 6.45) is 0. The predicted octanol–water partition coefficient (Wildman–Crippen LogP) is 4.44. The van der Waals surface area contributed by atoms with Gasteiger partial charge in [-0.25, -0.2) is 4.79 Å². The number of carbonyl (C=O) groups excluding carboxylic acids is 2. The third-order valence-corrected chi connectivity index (χ3v) is 5.63. The number of rotatable bonds is 9. The molecule has 0 bridgehead atoms. The number of esters is 1. The Morgan fingerprint density at radius 2 is 1.69 bits per heavy atom. The van der Waals surface area contributed by atoms with E-state index in [0.29, 0.717) is 22.5 Å². The van der Waals surface area contributed by atoms with Crippen LogP contribution in [0.5, 0.6) is 5.75 Å². The second-order valence-electron chi connectivity index (χ2n) is 8.02. The number of nitrogens with one attached hydrogen (secondary N) is 2. The molecule has 0 radical (unpaired) electrons. The number of hydrogen-bond donors (Lipinski definition) is 2. The van der Waals surface area contributed by atoms with Crippen molar-refractivity contribution < 1.29 is 19.1 Å². The van der Waals surface area contributed by atoms with E-state index < -0.39 is 11.9 Å². The Hall–Kier alpha value is -4.59. The Morgan fingerprint density at radius 1 is 0.944 bits per heavy atom. The zero-order valence-corrected chi connectivity index (χ0v) is 20.1. The fourth-order valence-corrected chi connectivity index (χ4v) is 3.89. The first-order valence-electron chi connectivity index (χ1n) is 11.6. The van der Waals surface area contributed by atoms with Crippen LogP contribution in [0.1, 0.15) is 22.8 Å². The van der Waals surface area contributed by atoms with Gasteiger partial charge in [-0.15, -0.1) is 0 Å². The van der Waals surface area contributed by atoms with Gasteiger partial charge in [0.05, 0.1) is 30.5 Å². The lowest BCUT2D eigenvalue weighted by molar-refractivity contribution is -0.116. The maximum absolute atomic E-state index is 13.5. The second kappa shape index (κ2) is 11.2. The number of ether oxygens (including phenoxy) is 2. The van der Waals surface area contributed by atoms with Crippen LogP contribution in [0.3, 0.4) is 0 Å². The van der Waals surface area contributed by atoms with Gasteiger partial charge in [0.2, 0.25) is 5.91 Å². The van der Waals surface area contributed by atoms with Gasteiger partial charge in [0, 0.05) is 23.9 Å². The molecule has 0 fully saturated rings. The first kappa shape index (κ1) is 24.5. The zero-order chi connectivity index (χ0) is 25.5. The summed E-state index contributed by atoms with van der Waals surface area (Å²) >= 11 is 0. The van der Waals surface area contributed by atoms with Gasteiger partial charge >= 0.3 is 5.97 Å². The highest BCUT2D eigenvalue weighted by Crippen LogP contribution is 2.22. The molecule has 3 aromatic carbocycles. The number of carbonyl (C=O) groups is 2. The summed E-state index contributed by atoms with van der Waals surface area (Å²) < 4.78 is 11.8. The molecule has 0 aliphatic carbocycles. The SMILES string of the molecule is CCOC(=O)c1ccccc1NC(=O)Cn1c(=O)c(CNc2ccccc2)cc2ccc(OC)cc21. The van der Waals surface area contributed by atoms with E-state index in [0.717, 1.165) is 11.1 Å². The van der Waals surface area contributed by atoms with Gasteiger partial charge in [0.1, 0.15) is 12.3 Å². The first-order chi connectivity index (χ1) is 17.5. The Kier molecular flexibility index (Phi) is 7.65. The van der Waals surface area contributed by atoms with Crippen LogP contribution in [-0.4, -0.2) is 30.2 Å². The first-order valence-corrected chi connectivity index (χ1v) is 11.6. The van der Waals surface area contributed by atoms with Gasteiger partial charge in [-0.2, -0.15) is 0 Å². The summed E-state index contributed by atoms with van der Waals surface area (Å²) in [6.45, 7) is 1.97. The number of pyridine rings is 1. The number of hydrogen-bond acceptors (Lipinski definition) is 6. The number of nitrogens with zero attached hydrogens (tertiary/aromatic N) is 1. The highest BCUT2D eigenvalue weighted by atomic mass is 16.5. The smallest absolute Gasteiger partial charge is 0.340 e. The van der Waals surface area contributed by atoms with Crippen molar-refractivity contribution in [3.8, 4) is 5.75 Å². The second-order valence-corrected chi connectivity index (χ2v) is 8.02. The van der Waals surface area contributed by atoms with Crippen molar-refractivity contribution in [1.29, 1.82) is 0 Å². The van der Waals surface area contributed by atoms with Crippen molar-refractivity contribution in [3.63, 3.8) is 0 Å². The van der Waals surface area contributed by atoms with E-state index in [-0.39, 0.29) is 30.8 Å². The van der Waals surface area contributed by atoms with Crippen LogP contribution in [0, 0.1) is 0 Å². The number of amides is 1. The Balaban J connectivity index is 1.66. The van der Waals surface area contributed by atoms with Crippen LogP contribution in [0.25, 0.3) is 10.9 Å². The van der Waals surface area contributed by atoms with Gasteiger partial charge in [-0.3, -0.25) is 14.2 Å². The monoisotopic (exact) mass is 485 g/mol. The van der Waals surface area contributed by atoms with Crippen molar-refractivity contribution in [2.75, 3.05) is 24.4 Å². The van der Waals surface area contributed by atoms with Crippen LogP contribution in [0.15, 0.2) is 83.7 Å². The van der Waals surface area contributed by atoms with Crippen LogP contribution in [0.4, 0.5) is 11.4 Å². The Labute approximate surface area is 208 Å². The van der Waals surface area contributed by atoms with E-state index in [1.807, 2.05) is 42.5 Å². The molecule has 0 aliphatic rings. The molecule has 2 N–H and O–H groups in total. The molecule has 8 heteroatoms. The molecule has 0 unspecified atom stereocenters. The molecule has 0 aliphatic heterocycles. The third kappa shape index (κ3) is 5.55. The summed E-state index contributed by atoms with van der Waals surface area (Å²) in [5.74, 6) is -0.417. The minimum Gasteiger partial charge on any atom is -0.497 e. The van der Waals surface area contributed by atoms with E-state index in [1.54, 1.807) is 50.4 Å². The fourth-order valence-electron chi connectivity index (χ4n) is 3.89. The van der Waals surface area contributed by atoms with E-state index in [4.69, 9.17) is 9.47 Å². The molecule has 4 rings (SSSR count). The van der Waals surface area contributed by atoms with Crippen molar-refractivity contribution in [1.82, 2.24) is 4.57 Å². The molecule has 4 aromatic rings. The predicted molar refractivity (Wildman–Crippen MR) is 140 cm³/mol. The normalized spacial score (nSPS) is 10.6. The van der Waals surface area contributed by atoms with Crippen molar-refractivity contribution >= 4 is 34.2 Å². The van der Waals surface area contributed by atoms with E-state index in [2.05, 4.69) is 10.6 Å². The fraction of sp³-hybridized carbons (Fsp3) is 0.179. The molecule has 0 atom stereocenters. The molecular formula is C28H27N3O5. The number of para-hydroxylation sites is 2. The topological polar surface area (TPSA) is 98.7 Å². The Morgan fingerprint density at radius 3 is 2.44 bits per heavy atom. The van der Waals surface area contributed by atoms with Crippen molar-refractivity contribution in [3.05, 3.63) is 100 Å². The molecule has 8 nitrogen and oxygen atoms in total. The van der Waals surface area contributed by atoms with Gasteiger partial charge in [0.25, 0.3) is 5.56 Å². The largest absolute Gasteiger partial charge is 0.497 e. The van der Waals surface area contributed by atoms with Crippen LogP contribution >= 0.6 is 0 Å². The van der Waals surface area contributed by atoms with E-state index in [1.165, 1.54) is 4.57 Å². The average Bonchev–Trinajstić information content (AvgIpc) is 2.90. The molecule has 184 valence electrons. The lowest BCUT2D eigenvalue weighted by Gasteiger charge is -2.15. The molecule has 1 aromatic heterocycles. The molecule has 1 heterocycles. The van der Waals surface area contributed by atoms with Gasteiger partial charge in [0.15, 0.2) is 0 Å². The molecule has 0 saturated heterocycles. The molecular weight excluding hydrogens is 458 g/mol.